The van der Waals surface area contributed by atoms with E-state index in [4.69, 9.17) is 9.84 Å². The van der Waals surface area contributed by atoms with Crippen molar-refractivity contribution in [1.29, 1.82) is 0 Å². The largest absolute Gasteiger partial charge is 0.480 e. The van der Waals surface area contributed by atoms with Crippen LogP contribution in [0.4, 0.5) is 4.79 Å². The van der Waals surface area contributed by atoms with Gasteiger partial charge in [-0.3, -0.25) is 0 Å². The number of carboxylic acids is 1. The smallest absolute Gasteiger partial charge is 0.326 e. The van der Waals surface area contributed by atoms with Gasteiger partial charge in [0.1, 0.15) is 11.9 Å². The van der Waals surface area contributed by atoms with E-state index >= 15 is 0 Å². The van der Waals surface area contributed by atoms with Crippen LogP contribution in [0.25, 0.3) is 0 Å². The summed E-state index contributed by atoms with van der Waals surface area (Å²) in [5.74, 6) is -0.463. The Labute approximate surface area is 116 Å². The molecule has 1 aromatic rings. The summed E-state index contributed by atoms with van der Waals surface area (Å²) in [6, 6.07) is -1.82. The second-order valence-corrected chi connectivity index (χ2v) is 4.23. The van der Waals surface area contributed by atoms with Crippen molar-refractivity contribution in [3.8, 4) is 0 Å². The lowest BCUT2D eigenvalue weighted by molar-refractivity contribution is -0.139. The first kappa shape index (κ1) is 16.0. The van der Waals surface area contributed by atoms with Crippen LogP contribution < -0.4 is 10.6 Å². The fourth-order valence-corrected chi connectivity index (χ4v) is 1.68. The molecule has 0 radical (unpaired) electrons. The molecule has 0 aliphatic carbocycles. The van der Waals surface area contributed by atoms with Gasteiger partial charge in [-0.25, -0.2) is 14.6 Å². The maximum absolute atomic E-state index is 11.8. The fourth-order valence-electron chi connectivity index (χ4n) is 1.68. The zero-order valence-electron chi connectivity index (χ0n) is 11.5. The number of nitrogens with one attached hydrogen (secondary N) is 3. The average Bonchev–Trinajstić information content (AvgIpc) is 2.94. The molecule has 0 fully saturated rings. The predicted molar refractivity (Wildman–Crippen MR) is 71.2 cm³/mol. The number of amides is 2. The van der Waals surface area contributed by atoms with E-state index in [1.165, 1.54) is 7.11 Å². The summed E-state index contributed by atoms with van der Waals surface area (Å²) in [7, 11) is 1.48. The Bertz CT molecular complexity index is 421. The summed E-state index contributed by atoms with van der Waals surface area (Å²) in [6.07, 6.45) is 4.10. The van der Waals surface area contributed by atoms with Crippen molar-refractivity contribution in [3.63, 3.8) is 0 Å². The van der Waals surface area contributed by atoms with Gasteiger partial charge < -0.3 is 25.5 Å². The molecule has 2 unspecified atom stereocenters. The first-order chi connectivity index (χ1) is 9.58. The highest BCUT2D eigenvalue weighted by Gasteiger charge is 2.21. The van der Waals surface area contributed by atoms with E-state index in [1.54, 1.807) is 12.4 Å². The summed E-state index contributed by atoms with van der Waals surface area (Å²) in [6.45, 7) is 2.15. The van der Waals surface area contributed by atoms with Gasteiger partial charge in [-0.2, -0.15) is 0 Å². The van der Waals surface area contributed by atoms with Crippen LogP contribution in [0.2, 0.25) is 0 Å². The van der Waals surface area contributed by atoms with E-state index < -0.39 is 18.0 Å². The van der Waals surface area contributed by atoms with E-state index in [2.05, 4.69) is 20.6 Å². The van der Waals surface area contributed by atoms with Crippen LogP contribution in [0, 0.1) is 0 Å². The summed E-state index contributed by atoms with van der Waals surface area (Å²) < 4.78 is 4.82. The van der Waals surface area contributed by atoms with E-state index in [1.807, 2.05) is 6.92 Å². The van der Waals surface area contributed by atoms with Crippen LogP contribution >= 0.6 is 0 Å². The number of methoxy groups -OCH3 is 1. The summed E-state index contributed by atoms with van der Waals surface area (Å²) in [5, 5.41) is 14.1. The Morgan fingerprint density at radius 2 is 2.25 bits per heavy atom. The highest BCUT2D eigenvalue weighted by atomic mass is 16.5. The molecule has 1 rings (SSSR count). The van der Waals surface area contributed by atoms with Crippen LogP contribution in [-0.4, -0.2) is 46.8 Å². The van der Waals surface area contributed by atoms with Gasteiger partial charge in [0, 0.05) is 32.5 Å². The normalized spacial score (nSPS) is 13.5. The van der Waals surface area contributed by atoms with E-state index in [-0.39, 0.29) is 19.1 Å². The SMILES string of the molecule is CCC(NC(=O)NC(CCOC)C(=O)O)c1ncc[nH]1. The summed E-state index contributed by atoms with van der Waals surface area (Å²) in [4.78, 5) is 29.8. The molecule has 1 aromatic heterocycles. The number of carbonyl (C=O) groups is 2. The number of hydrogen-bond donors (Lipinski definition) is 4. The molecule has 2 amide bonds. The number of hydrogen-bond acceptors (Lipinski definition) is 4. The lowest BCUT2D eigenvalue weighted by Crippen LogP contribution is -2.47. The molecule has 8 nitrogen and oxygen atoms in total. The maximum atomic E-state index is 11.8. The molecule has 0 bridgehead atoms. The highest BCUT2D eigenvalue weighted by Crippen LogP contribution is 2.10. The molecule has 20 heavy (non-hydrogen) atoms. The van der Waals surface area contributed by atoms with Crippen LogP contribution in [-0.2, 0) is 9.53 Å². The van der Waals surface area contributed by atoms with Crippen LogP contribution in [0.5, 0.6) is 0 Å². The third-order valence-corrected chi connectivity index (χ3v) is 2.78. The number of carbonyl (C=O) groups excluding carboxylic acids is 1. The maximum Gasteiger partial charge on any atom is 0.326 e. The Kier molecular flexibility index (Phi) is 6.51. The average molecular weight is 284 g/mol. The van der Waals surface area contributed by atoms with Gasteiger partial charge in [-0.1, -0.05) is 6.92 Å². The molecule has 4 N–H and O–H groups in total. The number of carboxylic acid groups (broad SMARTS) is 1. The third-order valence-electron chi connectivity index (χ3n) is 2.78. The Hall–Kier alpha value is -2.09. The number of aliphatic carboxylic acids is 1. The van der Waals surface area contributed by atoms with Crippen molar-refractivity contribution in [2.24, 2.45) is 0 Å². The summed E-state index contributed by atoms with van der Waals surface area (Å²) >= 11 is 0. The molecule has 8 heteroatoms. The first-order valence-corrected chi connectivity index (χ1v) is 6.36. The quantitative estimate of drug-likeness (QED) is 0.559. The van der Waals surface area contributed by atoms with Crippen molar-refractivity contribution in [3.05, 3.63) is 18.2 Å². The molecular weight excluding hydrogens is 264 g/mol. The number of rotatable bonds is 8. The minimum atomic E-state index is -1.09. The molecule has 0 saturated carbocycles. The van der Waals surface area contributed by atoms with Crippen molar-refractivity contribution in [2.75, 3.05) is 13.7 Å². The zero-order valence-corrected chi connectivity index (χ0v) is 11.5. The van der Waals surface area contributed by atoms with Gasteiger partial charge in [0.2, 0.25) is 0 Å². The molecule has 0 saturated heterocycles. The molecule has 112 valence electrons. The van der Waals surface area contributed by atoms with Gasteiger partial charge in [0.15, 0.2) is 0 Å². The second-order valence-electron chi connectivity index (χ2n) is 4.23. The third kappa shape index (κ3) is 4.88. The minimum Gasteiger partial charge on any atom is -0.480 e. The van der Waals surface area contributed by atoms with E-state index in [0.29, 0.717) is 12.2 Å². The number of ether oxygens (including phenoxy) is 1. The van der Waals surface area contributed by atoms with E-state index in [0.717, 1.165) is 0 Å². The van der Waals surface area contributed by atoms with Gasteiger partial charge in [-0.05, 0) is 6.42 Å². The Balaban J connectivity index is 2.53. The summed E-state index contributed by atoms with van der Waals surface area (Å²) in [5.41, 5.74) is 0. The van der Waals surface area contributed by atoms with Gasteiger partial charge in [0.25, 0.3) is 0 Å². The van der Waals surface area contributed by atoms with Crippen molar-refractivity contribution < 1.29 is 19.4 Å². The highest BCUT2D eigenvalue weighted by molar-refractivity contribution is 5.82. The minimum absolute atomic E-state index is 0.205. The van der Waals surface area contributed by atoms with E-state index in [9.17, 15) is 9.59 Å². The molecule has 0 aromatic carbocycles. The topological polar surface area (TPSA) is 116 Å². The number of H-pyrrole nitrogens is 1. The molecular formula is C12H20N4O4. The van der Waals surface area contributed by atoms with Gasteiger partial charge in [0.05, 0.1) is 6.04 Å². The molecule has 1 heterocycles. The number of aromatic nitrogens is 2. The molecule has 0 aliphatic rings. The predicted octanol–water partition coefficient (Wildman–Crippen LogP) is 0.650. The lowest BCUT2D eigenvalue weighted by atomic mass is 10.2. The molecule has 0 aliphatic heterocycles. The van der Waals surface area contributed by atoms with Gasteiger partial charge in [-0.15, -0.1) is 0 Å². The molecule has 2 atom stereocenters. The van der Waals surface area contributed by atoms with Crippen molar-refractivity contribution in [2.45, 2.75) is 31.8 Å². The fraction of sp³-hybridized carbons (Fsp3) is 0.583. The van der Waals surface area contributed by atoms with Gasteiger partial charge >= 0.3 is 12.0 Å². The molecule has 0 spiro atoms. The second kappa shape index (κ2) is 8.16. The zero-order chi connectivity index (χ0) is 15.0. The Morgan fingerprint density at radius 1 is 1.50 bits per heavy atom. The lowest BCUT2D eigenvalue weighted by Gasteiger charge is -2.18. The standard InChI is InChI=1S/C12H20N4O4/c1-3-8(10-13-5-6-14-10)15-12(19)16-9(11(17)18)4-7-20-2/h5-6,8-9H,3-4,7H2,1-2H3,(H,13,14)(H,17,18)(H2,15,16,19). The number of urea groups is 1. The van der Waals surface area contributed by atoms with Crippen LogP contribution in [0.1, 0.15) is 31.6 Å². The first-order valence-electron chi connectivity index (χ1n) is 6.36. The van der Waals surface area contributed by atoms with Crippen LogP contribution in [0.3, 0.4) is 0 Å². The monoisotopic (exact) mass is 284 g/mol. The van der Waals surface area contributed by atoms with Crippen molar-refractivity contribution >= 4 is 12.0 Å². The number of nitrogens with zero attached hydrogens (tertiary/aromatic N) is 1. The number of aromatic amines is 1. The van der Waals surface area contributed by atoms with Crippen LogP contribution in [0.15, 0.2) is 12.4 Å². The van der Waals surface area contributed by atoms with Crippen molar-refractivity contribution in [1.82, 2.24) is 20.6 Å². The Morgan fingerprint density at radius 3 is 2.75 bits per heavy atom. The number of imidazole rings is 1.